The minimum Gasteiger partial charge on any atom is -0.377 e. The molecule has 1 atom stereocenters. The largest absolute Gasteiger partial charge is 0.377 e. The minimum atomic E-state index is 0.0773. The van der Waals surface area contributed by atoms with E-state index in [0.29, 0.717) is 12.4 Å². The fraction of sp³-hybridized carbons (Fsp3) is 0.500. The van der Waals surface area contributed by atoms with Crippen molar-refractivity contribution < 1.29 is 9.53 Å². The van der Waals surface area contributed by atoms with Gasteiger partial charge in [0.2, 0.25) is 0 Å². The molecule has 1 aromatic rings. The second-order valence-corrected chi connectivity index (χ2v) is 4.88. The smallest absolute Gasteiger partial charge is 0.253 e. The molecule has 4 heteroatoms. The molecule has 1 aliphatic heterocycles. The molecular weight excluding hydrogens is 250 g/mol. The number of ether oxygens (including phenoxy) is 1. The van der Waals surface area contributed by atoms with Crippen molar-refractivity contribution in [2.75, 3.05) is 19.7 Å². The van der Waals surface area contributed by atoms with E-state index >= 15 is 0 Å². The minimum absolute atomic E-state index is 0.0773. The van der Waals surface area contributed by atoms with Gasteiger partial charge in [0.25, 0.3) is 5.91 Å². The van der Waals surface area contributed by atoms with Crippen LogP contribution in [0.15, 0.2) is 24.3 Å². The number of hydrogen-bond donors (Lipinski definition) is 0. The Kier molecular flexibility index (Phi) is 4.61. The first kappa shape index (κ1) is 13.4. The van der Waals surface area contributed by atoms with Gasteiger partial charge in [-0.3, -0.25) is 4.79 Å². The van der Waals surface area contributed by atoms with Crippen LogP contribution in [-0.2, 0) is 10.6 Å². The van der Waals surface area contributed by atoms with Gasteiger partial charge in [0.1, 0.15) is 0 Å². The number of amides is 1. The number of alkyl halides is 1. The van der Waals surface area contributed by atoms with Gasteiger partial charge in [-0.2, -0.15) is 0 Å². The maximum Gasteiger partial charge on any atom is 0.253 e. The van der Waals surface area contributed by atoms with Crippen LogP contribution >= 0.6 is 11.6 Å². The average molecular weight is 268 g/mol. The number of benzene rings is 1. The summed E-state index contributed by atoms with van der Waals surface area (Å²) in [6, 6.07) is 7.49. The molecule has 98 valence electrons. The monoisotopic (exact) mass is 267 g/mol. The first-order chi connectivity index (χ1) is 8.70. The molecule has 0 N–H and O–H groups in total. The zero-order valence-corrected chi connectivity index (χ0v) is 11.3. The van der Waals surface area contributed by atoms with E-state index in [9.17, 15) is 4.79 Å². The zero-order chi connectivity index (χ0) is 13.0. The molecule has 1 fully saturated rings. The van der Waals surface area contributed by atoms with Crippen molar-refractivity contribution in [1.82, 2.24) is 4.90 Å². The lowest BCUT2D eigenvalue weighted by Crippen LogP contribution is -2.35. The summed E-state index contributed by atoms with van der Waals surface area (Å²) >= 11 is 5.74. The Hall–Kier alpha value is -1.06. The highest BCUT2D eigenvalue weighted by molar-refractivity contribution is 6.17. The predicted octanol–water partition coefficient (Wildman–Crippen LogP) is 2.68. The highest BCUT2D eigenvalue weighted by atomic mass is 35.5. The van der Waals surface area contributed by atoms with Crippen LogP contribution in [0.25, 0.3) is 0 Å². The van der Waals surface area contributed by atoms with E-state index in [0.717, 1.165) is 30.7 Å². The van der Waals surface area contributed by atoms with Gasteiger partial charge in [-0.25, -0.2) is 0 Å². The number of hydrogen-bond acceptors (Lipinski definition) is 2. The summed E-state index contributed by atoms with van der Waals surface area (Å²) in [5.41, 5.74) is 1.75. The van der Waals surface area contributed by atoms with Crippen LogP contribution in [-0.4, -0.2) is 36.6 Å². The number of carbonyl (C=O) groups excluding carboxylic acids is 1. The Morgan fingerprint density at radius 2 is 2.17 bits per heavy atom. The Morgan fingerprint density at radius 3 is 2.83 bits per heavy atom. The lowest BCUT2D eigenvalue weighted by Gasteiger charge is -2.22. The molecule has 0 aliphatic carbocycles. The van der Waals surface area contributed by atoms with Crippen LogP contribution in [0.4, 0.5) is 0 Å². The summed E-state index contributed by atoms with van der Waals surface area (Å²) in [4.78, 5) is 14.2. The van der Waals surface area contributed by atoms with Crippen LogP contribution < -0.4 is 0 Å². The van der Waals surface area contributed by atoms with Crippen molar-refractivity contribution in [3.8, 4) is 0 Å². The molecule has 0 bridgehead atoms. The average Bonchev–Trinajstić information content (AvgIpc) is 2.63. The zero-order valence-electron chi connectivity index (χ0n) is 10.6. The van der Waals surface area contributed by atoms with Crippen molar-refractivity contribution in [3.63, 3.8) is 0 Å². The van der Waals surface area contributed by atoms with Gasteiger partial charge in [0, 0.05) is 31.1 Å². The highest BCUT2D eigenvalue weighted by Crippen LogP contribution is 2.12. The SMILES string of the molecule is CC1CN(C(=O)c2ccc(CCl)cc2)CCCO1. The van der Waals surface area contributed by atoms with Gasteiger partial charge in [-0.05, 0) is 31.0 Å². The van der Waals surface area contributed by atoms with Crippen molar-refractivity contribution >= 4 is 17.5 Å². The van der Waals surface area contributed by atoms with Crippen LogP contribution in [0.2, 0.25) is 0 Å². The second-order valence-electron chi connectivity index (χ2n) is 4.62. The number of nitrogens with zero attached hydrogens (tertiary/aromatic N) is 1. The number of rotatable bonds is 2. The quantitative estimate of drug-likeness (QED) is 0.771. The summed E-state index contributed by atoms with van der Waals surface area (Å²) in [5.74, 6) is 0.553. The summed E-state index contributed by atoms with van der Waals surface area (Å²) in [6.07, 6.45) is 1.01. The molecule has 3 nitrogen and oxygen atoms in total. The van der Waals surface area contributed by atoms with E-state index in [4.69, 9.17) is 16.3 Å². The molecule has 0 radical (unpaired) electrons. The molecule has 0 saturated carbocycles. The van der Waals surface area contributed by atoms with Gasteiger partial charge in [0.05, 0.1) is 6.10 Å². The molecule has 18 heavy (non-hydrogen) atoms. The van der Waals surface area contributed by atoms with Gasteiger partial charge >= 0.3 is 0 Å². The van der Waals surface area contributed by atoms with E-state index in [1.807, 2.05) is 36.1 Å². The summed E-state index contributed by atoms with van der Waals surface area (Å²) < 4.78 is 5.54. The molecule has 1 unspecified atom stereocenters. The van der Waals surface area contributed by atoms with Gasteiger partial charge in [-0.15, -0.1) is 11.6 Å². The van der Waals surface area contributed by atoms with Gasteiger partial charge < -0.3 is 9.64 Å². The van der Waals surface area contributed by atoms with Crippen LogP contribution in [0.1, 0.15) is 29.3 Å². The normalized spacial score (nSPS) is 20.6. The number of carbonyl (C=O) groups is 1. The molecule has 1 heterocycles. The van der Waals surface area contributed by atoms with Crippen molar-refractivity contribution in [3.05, 3.63) is 35.4 Å². The Labute approximate surface area is 113 Å². The fourth-order valence-electron chi connectivity index (χ4n) is 2.10. The van der Waals surface area contributed by atoms with Crippen molar-refractivity contribution in [2.45, 2.75) is 25.3 Å². The first-order valence-corrected chi connectivity index (χ1v) is 6.80. The molecular formula is C14H18ClNO2. The topological polar surface area (TPSA) is 29.5 Å². The highest BCUT2D eigenvalue weighted by Gasteiger charge is 2.20. The number of halogens is 1. The molecule has 2 rings (SSSR count). The summed E-state index contributed by atoms with van der Waals surface area (Å²) in [6.45, 7) is 4.16. The van der Waals surface area contributed by atoms with Crippen molar-refractivity contribution in [2.24, 2.45) is 0 Å². The van der Waals surface area contributed by atoms with Crippen LogP contribution in [0.3, 0.4) is 0 Å². The summed E-state index contributed by atoms with van der Waals surface area (Å²) in [7, 11) is 0. The first-order valence-electron chi connectivity index (χ1n) is 6.26. The Bertz CT molecular complexity index is 405. The second kappa shape index (κ2) is 6.21. The van der Waals surface area contributed by atoms with E-state index in [-0.39, 0.29) is 12.0 Å². The molecule has 1 aromatic carbocycles. The fourth-order valence-corrected chi connectivity index (χ4v) is 2.28. The maximum atomic E-state index is 12.3. The van der Waals surface area contributed by atoms with Crippen LogP contribution in [0, 0.1) is 0 Å². The van der Waals surface area contributed by atoms with E-state index in [1.165, 1.54) is 0 Å². The standard InChI is InChI=1S/C14H18ClNO2/c1-11-10-16(7-2-8-18-11)14(17)13-5-3-12(9-15)4-6-13/h3-6,11H,2,7-10H2,1H3. The van der Waals surface area contributed by atoms with Gasteiger partial charge in [0.15, 0.2) is 0 Å². The predicted molar refractivity (Wildman–Crippen MR) is 71.9 cm³/mol. The van der Waals surface area contributed by atoms with E-state index < -0.39 is 0 Å². The maximum absolute atomic E-state index is 12.3. The van der Waals surface area contributed by atoms with E-state index in [1.54, 1.807) is 0 Å². The third-order valence-electron chi connectivity index (χ3n) is 3.09. The Morgan fingerprint density at radius 1 is 1.44 bits per heavy atom. The lowest BCUT2D eigenvalue weighted by molar-refractivity contribution is 0.0562. The third kappa shape index (κ3) is 3.24. The molecule has 0 aromatic heterocycles. The third-order valence-corrected chi connectivity index (χ3v) is 3.40. The van der Waals surface area contributed by atoms with Crippen LogP contribution in [0.5, 0.6) is 0 Å². The summed E-state index contributed by atoms with van der Waals surface area (Å²) in [5, 5.41) is 0. The van der Waals surface area contributed by atoms with Crippen molar-refractivity contribution in [1.29, 1.82) is 0 Å². The molecule has 1 amide bonds. The van der Waals surface area contributed by atoms with E-state index in [2.05, 4.69) is 0 Å². The lowest BCUT2D eigenvalue weighted by atomic mass is 10.1. The molecule has 1 aliphatic rings. The molecule has 0 spiro atoms. The van der Waals surface area contributed by atoms with Gasteiger partial charge in [-0.1, -0.05) is 12.1 Å². The Balaban J connectivity index is 2.08. The molecule has 1 saturated heterocycles.